The van der Waals surface area contributed by atoms with Gasteiger partial charge in [-0.2, -0.15) is 0 Å². The first kappa shape index (κ1) is 11.6. The third kappa shape index (κ3) is 2.61. The fourth-order valence-corrected chi connectivity index (χ4v) is 2.00. The maximum atomic E-state index is 13.5. The second kappa shape index (κ2) is 4.53. The molecule has 0 heterocycles. The number of hydrogen-bond acceptors (Lipinski definition) is 1. The summed E-state index contributed by atoms with van der Waals surface area (Å²) >= 11 is 3.24. The second-order valence-electron chi connectivity index (χ2n) is 4.25. The zero-order valence-electron chi connectivity index (χ0n) is 9.04. The Morgan fingerprint density at radius 2 is 2.25 bits per heavy atom. The molecule has 1 amide bonds. The molecule has 0 unspecified atom stereocenters. The fourth-order valence-electron chi connectivity index (χ4n) is 1.64. The first-order valence-electron chi connectivity index (χ1n) is 5.28. The van der Waals surface area contributed by atoms with Crippen molar-refractivity contribution in [3.63, 3.8) is 0 Å². The van der Waals surface area contributed by atoms with Crippen molar-refractivity contribution in [2.45, 2.75) is 12.8 Å². The van der Waals surface area contributed by atoms with Gasteiger partial charge in [0.2, 0.25) is 0 Å². The second-order valence-corrected chi connectivity index (χ2v) is 5.17. The average Bonchev–Trinajstić information content (AvgIpc) is 3.04. The number of rotatable bonds is 3. The summed E-state index contributed by atoms with van der Waals surface area (Å²) in [6.07, 6.45) is 2.36. The van der Waals surface area contributed by atoms with Crippen LogP contribution in [0.5, 0.6) is 0 Å². The van der Waals surface area contributed by atoms with E-state index in [1.54, 1.807) is 18.0 Å². The third-order valence-corrected chi connectivity index (χ3v) is 3.23. The van der Waals surface area contributed by atoms with E-state index in [1.165, 1.54) is 25.0 Å². The van der Waals surface area contributed by atoms with Gasteiger partial charge in [-0.3, -0.25) is 4.79 Å². The molecule has 1 aromatic carbocycles. The molecule has 0 N–H and O–H groups in total. The first-order valence-corrected chi connectivity index (χ1v) is 6.07. The van der Waals surface area contributed by atoms with Crippen molar-refractivity contribution < 1.29 is 9.18 Å². The predicted molar refractivity (Wildman–Crippen MR) is 63.8 cm³/mol. The van der Waals surface area contributed by atoms with Crippen molar-refractivity contribution in [1.82, 2.24) is 4.90 Å². The molecule has 0 spiro atoms. The Labute approximate surface area is 103 Å². The highest BCUT2D eigenvalue weighted by Crippen LogP contribution is 2.30. The minimum absolute atomic E-state index is 0.137. The molecule has 0 aliphatic heterocycles. The average molecular weight is 286 g/mol. The first-order chi connectivity index (χ1) is 7.58. The molecular weight excluding hydrogens is 273 g/mol. The molecule has 16 heavy (non-hydrogen) atoms. The maximum absolute atomic E-state index is 13.5. The van der Waals surface area contributed by atoms with Crippen molar-refractivity contribution in [2.75, 3.05) is 13.6 Å². The van der Waals surface area contributed by atoms with Crippen LogP contribution in [0.2, 0.25) is 0 Å². The standard InChI is InChI=1S/C12H13BrFNO/c1-15(7-8-2-3-8)12(16)10-6-9(13)4-5-11(10)14/h4-6,8H,2-3,7H2,1H3. The number of nitrogens with zero attached hydrogens (tertiary/aromatic N) is 1. The van der Waals surface area contributed by atoms with E-state index < -0.39 is 5.82 Å². The molecule has 2 nitrogen and oxygen atoms in total. The van der Waals surface area contributed by atoms with Gasteiger partial charge >= 0.3 is 0 Å². The smallest absolute Gasteiger partial charge is 0.256 e. The van der Waals surface area contributed by atoms with Gasteiger partial charge in [-0.05, 0) is 37.0 Å². The molecule has 0 saturated heterocycles. The van der Waals surface area contributed by atoms with Crippen LogP contribution in [0.3, 0.4) is 0 Å². The van der Waals surface area contributed by atoms with Crippen LogP contribution in [0, 0.1) is 11.7 Å². The van der Waals surface area contributed by atoms with Crippen LogP contribution >= 0.6 is 15.9 Å². The Hall–Kier alpha value is -0.900. The molecule has 0 radical (unpaired) electrons. The van der Waals surface area contributed by atoms with Gasteiger partial charge in [0.25, 0.3) is 5.91 Å². The van der Waals surface area contributed by atoms with E-state index in [1.807, 2.05) is 0 Å². The van der Waals surface area contributed by atoms with E-state index >= 15 is 0 Å². The van der Waals surface area contributed by atoms with Crippen LogP contribution in [-0.2, 0) is 0 Å². The summed E-state index contributed by atoms with van der Waals surface area (Å²) in [7, 11) is 1.72. The normalized spacial score (nSPS) is 14.9. The molecule has 0 aromatic heterocycles. The molecule has 1 aliphatic rings. The minimum Gasteiger partial charge on any atom is -0.341 e. The quantitative estimate of drug-likeness (QED) is 0.836. The molecule has 0 bridgehead atoms. The van der Waals surface area contributed by atoms with E-state index in [0.29, 0.717) is 5.92 Å². The highest BCUT2D eigenvalue weighted by molar-refractivity contribution is 9.10. The molecule has 1 aromatic rings. The highest BCUT2D eigenvalue weighted by Gasteiger charge is 2.26. The van der Waals surface area contributed by atoms with Gasteiger partial charge < -0.3 is 4.90 Å². The van der Waals surface area contributed by atoms with E-state index in [-0.39, 0.29) is 11.5 Å². The molecule has 1 aliphatic carbocycles. The zero-order chi connectivity index (χ0) is 11.7. The monoisotopic (exact) mass is 285 g/mol. The van der Waals surface area contributed by atoms with Gasteiger partial charge in [0.15, 0.2) is 0 Å². The molecule has 2 rings (SSSR count). The lowest BCUT2D eigenvalue weighted by Crippen LogP contribution is -2.29. The predicted octanol–water partition coefficient (Wildman–Crippen LogP) is 3.07. The maximum Gasteiger partial charge on any atom is 0.256 e. The van der Waals surface area contributed by atoms with Gasteiger partial charge in [0.1, 0.15) is 5.82 Å². The van der Waals surface area contributed by atoms with Gasteiger partial charge in [0, 0.05) is 18.1 Å². The molecule has 0 atom stereocenters. The summed E-state index contributed by atoms with van der Waals surface area (Å²) in [5, 5.41) is 0. The summed E-state index contributed by atoms with van der Waals surface area (Å²) < 4.78 is 14.2. The fraction of sp³-hybridized carbons (Fsp3) is 0.417. The Morgan fingerprint density at radius 3 is 2.88 bits per heavy atom. The minimum atomic E-state index is -0.462. The number of carbonyl (C=O) groups is 1. The lowest BCUT2D eigenvalue weighted by atomic mass is 10.2. The number of hydrogen-bond donors (Lipinski definition) is 0. The number of carbonyl (C=O) groups excluding carboxylic acids is 1. The van der Waals surface area contributed by atoms with Crippen LogP contribution in [0.15, 0.2) is 22.7 Å². The summed E-state index contributed by atoms with van der Waals surface area (Å²) in [6, 6.07) is 4.43. The lowest BCUT2D eigenvalue weighted by molar-refractivity contribution is 0.0784. The summed E-state index contributed by atoms with van der Waals surface area (Å²) in [6.45, 7) is 0.727. The largest absolute Gasteiger partial charge is 0.341 e. The van der Waals surface area contributed by atoms with Crippen molar-refractivity contribution in [2.24, 2.45) is 5.92 Å². The molecule has 1 saturated carbocycles. The number of halogens is 2. The molecule has 1 fully saturated rings. The van der Waals surface area contributed by atoms with E-state index in [9.17, 15) is 9.18 Å². The van der Waals surface area contributed by atoms with Crippen LogP contribution in [0.4, 0.5) is 4.39 Å². The Morgan fingerprint density at radius 1 is 1.56 bits per heavy atom. The van der Waals surface area contributed by atoms with E-state index in [0.717, 1.165) is 11.0 Å². The Kier molecular flexibility index (Phi) is 3.28. The summed E-state index contributed by atoms with van der Waals surface area (Å²) in [4.78, 5) is 13.5. The number of benzene rings is 1. The van der Waals surface area contributed by atoms with Gasteiger partial charge in [-0.1, -0.05) is 15.9 Å². The van der Waals surface area contributed by atoms with Crippen LogP contribution < -0.4 is 0 Å². The van der Waals surface area contributed by atoms with Crippen LogP contribution in [-0.4, -0.2) is 24.4 Å². The zero-order valence-corrected chi connectivity index (χ0v) is 10.6. The van der Waals surface area contributed by atoms with Crippen LogP contribution in [0.1, 0.15) is 23.2 Å². The number of amides is 1. The molecule has 4 heteroatoms. The van der Waals surface area contributed by atoms with E-state index in [2.05, 4.69) is 15.9 Å². The highest BCUT2D eigenvalue weighted by atomic mass is 79.9. The molecular formula is C12H13BrFNO. The van der Waals surface area contributed by atoms with Crippen molar-refractivity contribution in [1.29, 1.82) is 0 Å². The summed E-state index contributed by atoms with van der Waals surface area (Å²) in [5.74, 6) is -0.0919. The van der Waals surface area contributed by atoms with Crippen molar-refractivity contribution >= 4 is 21.8 Å². The Bertz CT molecular complexity index is 417. The van der Waals surface area contributed by atoms with Gasteiger partial charge in [-0.25, -0.2) is 4.39 Å². The van der Waals surface area contributed by atoms with Gasteiger partial charge in [-0.15, -0.1) is 0 Å². The SMILES string of the molecule is CN(CC1CC1)C(=O)c1cc(Br)ccc1F. The van der Waals surface area contributed by atoms with Gasteiger partial charge in [0.05, 0.1) is 5.56 Å². The summed E-state index contributed by atoms with van der Waals surface area (Å²) in [5.41, 5.74) is 0.137. The van der Waals surface area contributed by atoms with Crippen molar-refractivity contribution in [3.05, 3.63) is 34.1 Å². The van der Waals surface area contributed by atoms with E-state index in [4.69, 9.17) is 0 Å². The van der Waals surface area contributed by atoms with Crippen molar-refractivity contribution in [3.8, 4) is 0 Å². The lowest BCUT2D eigenvalue weighted by Gasteiger charge is -2.17. The molecule has 86 valence electrons. The third-order valence-electron chi connectivity index (χ3n) is 2.73. The van der Waals surface area contributed by atoms with Crippen LogP contribution in [0.25, 0.3) is 0 Å². The Balaban J connectivity index is 2.14. The topological polar surface area (TPSA) is 20.3 Å².